The molecule has 2 aromatic carbocycles. The van der Waals surface area contributed by atoms with Crippen LogP contribution >= 0.6 is 0 Å². The van der Waals surface area contributed by atoms with Gasteiger partial charge in [-0.25, -0.2) is 0 Å². The average Bonchev–Trinajstić information content (AvgIpc) is 3.26. The van der Waals surface area contributed by atoms with Crippen molar-refractivity contribution < 1.29 is 4.74 Å². The number of aryl methyl sites for hydroxylation is 1. The fourth-order valence-corrected chi connectivity index (χ4v) is 3.73. The molecule has 132 valence electrons. The zero-order valence-electron chi connectivity index (χ0n) is 14.8. The molecule has 1 aliphatic heterocycles. The van der Waals surface area contributed by atoms with E-state index >= 15 is 0 Å². The van der Waals surface area contributed by atoms with E-state index in [1.54, 1.807) is 0 Å². The van der Waals surface area contributed by atoms with Crippen LogP contribution in [0, 0.1) is 0 Å². The fourth-order valence-electron chi connectivity index (χ4n) is 3.73. The van der Waals surface area contributed by atoms with Crippen LogP contribution in [0.15, 0.2) is 42.6 Å². The molecule has 2 aromatic heterocycles. The number of fused-ring (bicyclic) bond motifs is 2. The number of nitrogens with one attached hydrogen (secondary N) is 1. The highest BCUT2D eigenvalue weighted by Gasteiger charge is 2.14. The molecule has 0 spiro atoms. The van der Waals surface area contributed by atoms with Gasteiger partial charge in [-0.3, -0.25) is 9.78 Å². The Kier molecular flexibility index (Phi) is 3.64. The maximum atomic E-state index is 5.47. The zero-order valence-corrected chi connectivity index (χ0v) is 14.8. The van der Waals surface area contributed by atoms with Crippen LogP contribution in [0.2, 0.25) is 0 Å². The third kappa shape index (κ3) is 2.63. The van der Waals surface area contributed by atoms with Gasteiger partial charge in [-0.1, -0.05) is 6.07 Å². The minimum atomic E-state index is 0.793. The van der Waals surface area contributed by atoms with Crippen LogP contribution < -0.4 is 4.90 Å². The standard InChI is InChI=1S/C20H21N5O/c1-24-20-5-2-14(10-15(20)13-21-24)11-19-17-12-16(3-4-18(17)22-23-19)25-6-8-26-9-7-25/h2-5,10,12-13H,6-9,11H2,1H3,(H,22,23). The van der Waals surface area contributed by atoms with Gasteiger partial charge in [0, 0.05) is 48.7 Å². The Balaban J connectivity index is 1.49. The summed E-state index contributed by atoms with van der Waals surface area (Å²) in [5, 5.41) is 14.4. The molecular weight excluding hydrogens is 326 g/mol. The predicted octanol–water partition coefficient (Wildman–Crippen LogP) is 2.88. The van der Waals surface area contributed by atoms with E-state index in [1.165, 1.54) is 22.0 Å². The summed E-state index contributed by atoms with van der Waals surface area (Å²) < 4.78 is 7.37. The molecule has 0 atom stereocenters. The van der Waals surface area contributed by atoms with Crippen molar-refractivity contribution >= 4 is 27.5 Å². The minimum Gasteiger partial charge on any atom is -0.378 e. The molecule has 0 bridgehead atoms. The molecule has 5 rings (SSSR count). The second-order valence-corrected chi connectivity index (χ2v) is 6.84. The number of benzene rings is 2. The lowest BCUT2D eigenvalue weighted by atomic mass is 10.0. The molecule has 26 heavy (non-hydrogen) atoms. The van der Waals surface area contributed by atoms with Gasteiger partial charge in [0.1, 0.15) is 0 Å². The topological polar surface area (TPSA) is 59.0 Å². The second-order valence-electron chi connectivity index (χ2n) is 6.84. The molecular formula is C20H21N5O. The normalized spacial score (nSPS) is 15.2. The first kappa shape index (κ1) is 15.4. The molecule has 0 unspecified atom stereocenters. The fraction of sp³-hybridized carbons (Fsp3) is 0.300. The summed E-state index contributed by atoms with van der Waals surface area (Å²) >= 11 is 0. The van der Waals surface area contributed by atoms with Crippen LogP contribution in [0.3, 0.4) is 0 Å². The van der Waals surface area contributed by atoms with Crippen molar-refractivity contribution in [3.05, 3.63) is 53.9 Å². The van der Waals surface area contributed by atoms with E-state index in [0.29, 0.717) is 0 Å². The van der Waals surface area contributed by atoms with E-state index in [2.05, 4.69) is 56.6 Å². The number of H-pyrrole nitrogens is 1. The zero-order chi connectivity index (χ0) is 17.5. The number of anilines is 1. The van der Waals surface area contributed by atoms with Crippen molar-refractivity contribution in [3.63, 3.8) is 0 Å². The Labute approximate surface area is 151 Å². The predicted molar refractivity (Wildman–Crippen MR) is 103 cm³/mol. The van der Waals surface area contributed by atoms with Crippen molar-refractivity contribution in [2.24, 2.45) is 7.05 Å². The number of morpholine rings is 1. The van der Waals surface area contributed by atoms with Crippen LogP contribution in [0.4, 0.5) is 5.69 Å². The van der Waals surface area contributed by atoms with Crippen LogP contribution in [0.1, 0.15) is 11.3 Å². The van der Waals surface area contributed by atoms with Crippen LogP contribution in [-0.4, -0.2) is 46.3 Å². The maximum absolute atomic E-state index is 5.47. The molecule has 6 nitrogen and oxygen atoms in total. The highest BCUT2D eigenvalue weighted by Crippen LogP contribution is 2.26. The van der Waals surface area contributed by atoms with Crippen LogP contribution in [0.5, 0.6) is 0 Å². The van der Waals surface area contributed by atoms with E-state index in [9.17, 15) is 0 Å². The molecule has 1 saturated heterocycles. The van der Waals surface area contributed by atoms with Crippen LogP contribution in [-0.2, 0) is 18.2 Å². The monoisotopic (exact) mass is 347 g/mol. The van der Waals surface area contributed by atoms with E-state index in [-0.39, 0.29) is 0 Å². The van der Waals surface area contributed by atoms with Crippen LogP contribution in [0.25, 0.3) is 21.8 Å². The first-order valence-corrected chi connectivity index (χ1v) is 8.98. The summed E-state index contributed by atoms with van der Waals surface area (Å²) in [6.45, 7) is 3.47. The number of hydrogen-bond acceptors (Lipinski definition) is 4. The maximum Gasteiger partial charge on any atom is 0.0925 e. The number of aromatic nitrogens is 4. The molecule has 1 aliphatic rings. The van der Waals surface area contributed by atoms with Gasteiger partial charge in [-0.15, -0.1) is 0 Å². The number of nitrogens with zero attached hydrogens (tertiary/aromatic N) is 4. The van der Waals surface area contributed by atoms with Crippen molar-refractivity contribution in [1.29, 1.82) is 0 Å². The highest BCUT2D eigenvalue weighted by atomic mass is 16.5. The lowest BCUT2D eigenvalue weighted by Crippen LogP contribution is -2.36. The molecule has 4 aromatic rings. The Bertz CT molecular complexity index is 1070. The van der Waals surface area contributed by atoms with Gasteiger partial charge in [-0.2, -0.15) is 10.2 Å². The van der Waals surface area contributed by atoms with Gasteiger partial charge in [0.25, 0.3) is 0 Å². The lowest BCUT2D eigenvalue weighted by molar-refractivity contribution is 0.122. The van der Waals surface area contributed by atoms with Gasteiger partial charge in [0.2, 0.25) is 0 Å². The van der Waals surface area contributed by atoms with Gasteiger partial charge < -0.3 is 9.64 Å². The summed E-state index contributed by atoms with van der Waals surface area (Å²) in [6.07, 6.45) is 2.74. The Morgan fingerprint density at radius 1 is 1.12 bits per heavy atom. The Morgan fingerprint density at radius 2 is 2.00 bits per heavy atom. The first-order chi connectivity index (χ1) is 12.8. The third-order valence-corrected chi connectivity index (χ3v) is 5.18. The summed E-state index contributed by atoms with van der Waals surface area (Å²) in [7, 11) is 1.97. The lowest BCUT2D eigenvalue weighted by Gasteiger charge is -2.28. The van der Waals surface area contributed by atoms with Crippen molar-refractivity contribution in [3.8, 4) is 0 Å². The Morgan fingerprint density at radius 3 is 2.88 bits per heavy atom. The molecule has 1 N–H and O–H groups in total. The van der Waals surface area contributed by atoms with Gasteiger partial charge in [0.15, 0.2) is 0 Å². The number of ether oxygens (including phenoxy) is 1. The molecule has 0 saturated carbocycles. The summed E-state index contributed by atoms with van der Waals surface area (Å²) in [5.41, 5.74) is 5.81. The van der Waals surface area contributed by atoms with Crippen molar-refractivity contribution in [2.75, 3.05) is 31.2 Å². The smallest absolute Gasteiger partial charge is 0.0925 e. The van der Waals surface area contributed by atoms with Gasteiger partial charge in [-0.05, 0) is 35.9 Å². The highest BCUT2D eigenvalue weighted by molar-refractivity contribution is 5.86. The summed E-state index contributed by atoms with van der Waals surface area (Å²) in [5.74, 6) is 0. The van der Waals surface area contributed by atoms with Gasteiger partial charge >= 0.3 is 0 Å². The number of aromatic amines is 1. The number of hydrogen-bond donors (Lipinski definition) is 1. The molecule has 0 radical (unpaired) electrons. The molecule has 6 heteroatoms. The average molecular weight is 347 g/mol. The molecule has 0 amide bonds. The summed E-state index contributed by atoms with van der Waals surface area (Å²) in [6, 6.07) is 13.0. The van der Waals surface area contributed by atoms with E-state index in [1.807, 2.05) is 17.9 Å². The van der Waals surface area contributed by atoms with Gasteiger partial charge in [0.05, 0.1) is 30.4 Å². The quantitative estimate of drug-likeness (QED) is 0.619. The largest absolute Gasteiger partial charge is 0.378 e. The molecule has 0 aliphatic carbocycles. The minimum absolute atomic E-state index is 0.793. The van der Waals surface area contributed by atoms with E-state index in [0.717, 1.165) is 49.5 Å². The van der Waals surface area contributed by atoms with Crippen molar-refractivity contribution in [1.82, 2.24) is 20.0 Å². The van der Waals surface area contributed by atoms with E-state index < -0.39 is 0 Å². The molecule has 1 fully saturated rings. The first-order valence-electron chi connectivity index (χ1n) is 8.98. The van der Waals surface area contributed by atoms with Crippen molar-refractivity contribution in [2.45, 2.75) is 6.42 Å². The second kappa shape index (κ2) is 6.14. The number of rotatable bonds is 3. The van der Waals surface area contributed by atoms with E-state index in [4.69, 9.17) is 4.74 Å². The Hall–Kier alpha value is -2.86. The third-order valence-electron chi connectivity index (χ3n) is 5.18. The SMILES string of the molecule is Cn1ncc2cc(Cc3[nH]nc4ccc(N5CCOCC5)cc34)ccc21. The summed E-state index contributed by atoms with van der Waals surface area (Å²) in [4.78, 5) is 2.38. The molecule has 3 heterocycles.